The Morgan fingerprint density at radius 1 is 1.05 bits per heavy atom. The molecular formula is C17H25F3N2. The molecule has 0 aliphatic heterocycles. The van der Waals surface area contributed by atoms with Gasteiger partial charge in [0.25, 0.3) is 0 Å². The highest BCUT2D eigenvalue weighted by atomic mass is 19.4. The van der Waals surface area contributed by atoms with Crippen molar-refractivity contribution in [2.75, 3.05) is 5.73 Å². The maximum Gasteiger partial charge on any atom is 0.433 e. The smallest absolute Gasteiger partial charge is 0.398 e. The molecule has 0 spiro atoms. The summed E-state index contributed by atoms with van der Waals surface area (Å²) >= 11 is 0. The molecule has 0 bridgehead atoms. The third kappa shape index (κ3) is 6.33. The number of hydrogen-bond acceptors (Lipinski definition) is 2. The molecule has 5 heteroatoms. The molecule has 0 unspecified atom stereocenters. The zero-order valence-corrected chi connectivity index (χ0v) is 13.7. The van der Waals surface area contributed by atoms with Crippen molar-refractivity contribution in [2.24, 2.45) is 0 Å². The molecule has 2 rings (SSSR count). The van der Waals surface area contributed by atoms with Crippen molar-refractivity contribution in [3.63, 3.8) is 0 Å². The van der Waals surface area contributed by atoms with Gasteiger partial charge in [-0.15, -0.1) is 0 Å². The van der Waals surface area contributed by atoms with Crippen LogP contribution < -0.4 is 5.73 Å². The Hall–Kier alpha value is -1.78. The molecular weight excluding hydrogens is 289 g/mol. The van der Waals surface area contributed by atoms with Crippen molar-refractivity contribution in [3.05, 3.63) is 36.0 Å². The van der Waals surface area contributed by atoms with Crippen LogP contribution in [0.3, 0.4) is 0 Å². The van der Waals surface area contributed by atoms with E-state index in [1.165, 1.54) is 25.3 Å². The van der Waals surface area contributed by atoms with Gasteiger partial charge < -0.3 is 5.73 Å². The van der Waals surface area contributed by atoms with E-state index in [1.54, 1.807) is 18.2 Å². The summed E-state index contributed by atoms with van der Waals surface area (Å²) in [5.41, 5.74) is 4.90. The van der Waals surface area contributed by atoms with E-state index in [4.69, 9.17) is 5.73 Å². The fourth-order valence-electron chi connectivity index (χ4n) is 1.70. The number of hydrogen-bond donors (Lipinski definition) is 1. The van der Waals surface area contributed by atoms with Gasteiger partial charge >= 0.3 is 6.18 Å². The van der Waals surface area contributed by atoms with E-state index in [2.05, 4.69) is 18.8 Å². The molecule has 1 aromatic carbocycles. The average molecular weight is 314 g/mol. The number of halogens is 3. The summed E-state index contributed by atoms with van der Waals surface area (Å²) in [7, 11) is 0. The molecule has 2 nitrogen and oxygen atoms in total. The van der Waals surface area contributed by atoms with Gasteiger partial charge in [0, 0.05) is 11.1 Å². The van der Waals surface area contributed by atoms with Crippen molar-refractivity contribution in [2.45, 2.75) is 53.1 Å². The van der Waals surface area contributed by atoms with Gasteiger partial charge in [0.1, 0.15) is 5.69 Å². The first kappa shape index (κ1) is 20.2. The van der Waals surface area contributed by atoms with E-state index in [9.17, 15) is 13.2 Å². The molecule has 0 fully saturated rings. The summed E-state index contributed by atoms with van der Waals surface area (Å²) in [6, 6.07) is 7.31. The molecule has 0 saturated carbocycles. The van der Waals surface area contributed by atoms with E-state index in [1.807, 2.05) is 13.8 Å². The topological polar surface area (TPSA) is 38.9 Å². The normalized spacial score (nSPS) is 10.3. The second kappa shape index (κ2) is 10.0. The Kier molecular flexibility index (Phi) is 9.22. The predicted octanol–water partition coefficient (Wildman–Crippen LogP) is 6.06. The number of unbranched alkanes of at least 4 members (excludes halogenated alkanes) is 2. The van der Waals surface area contributed by atoms with Gasteiger partial charge in [-0.1, -0.05) is 65.2 Å². The van der Waals surface area contributed by atoms with Gasteiger partial charge in [0.15, 0.2) is 0 Å². The molecule has 2 aromatic rings. The summed E-state index contributed by atoms with van der Waals surface area (Å²) in [6.07, 6.45) is -0.384. The molecule has 0 aliphatic carbocycles. The third-order valence-electron chi connectivity index (χ3n) is 2.75. The number of aromatic nitrogens is 1. The minimum Gasteiger partial charge on any atom is -0.398 e. The van der Waals surface area contributed by atoms with E-state index in [0.29, 0.717) is 5.39 Å². The standard InChI is InChI=1S/C10H7F3N2.C5H12.C2H6/c11-10(12,13)9-5-7(14)6-3-1-2-4-8(6)15-9;1-3-5-4-2;1-2/h1-5H,(H2,14,15);3-5H2,1-2H3;1-2H3. The molecule has 0 radical (unpaired) electrons. The van der Waals surface area contributed by atoms with Gasteiger partial charge in [-0.25, -0.2) is 4.98 Å². The lowest BCUT2D eigenvalue weighted by molar-refractivity contribution is -0.140. The Bertz CT molecular complexity index is 549. The number of para-hydroxylation sites is 1. The molecule has 124 valence electrons. The average Bonchev–Trinajstić information content (AvgIpc) is 2.50. The largest absolute Gasteiger partial charge is 0.433 e. The minimum absolute atomic E-state index is 0.0907. The van der Waals surface area contributed by atoms with E-state index < -0.39 is 11.9 Å². The van der Waals surface area contributed by atoms with Crippen molar-refractivity contribution in [1.29, 1.82) is 0 Å². The number of fused-ring (bicyclic) bond motifs is 1. The number of rotatable bonds is 2. The van der Waals surface area contributed by atoms with E-state index >= 15 is 0 Å². The highest BCUT2D eigenvalue weighted by Gasteiger charge is 2.33. The van der Waals surface area contributed by atoms with Gasteiger partial charge in [-0.05, 0) is 12.1 Å². The third-order valence-corrected chi connectivity index (χ3v) is 2.75. The van der Waals surface area contributed by atoms with Crippen molar-refractivity contribution < 1.29 is 13.2 Å². The van der Waals surface area contributed by atoms with Crippen molar-refractivity contribution >= 4 is 16.6 Å². The van der Waals surface area contributed by atoms with Gasteiger partial charge in [0.2, 0.25) is 0 Å². The number of alkyl halides is 3. The second-order valence-corrected chi connectivity index (χ2v) is 4.47. The first-order valence-corrected chi connectivity index (χ1v) is 7.62. The maximum atomic E-state index is 12.4. The first-order valence-electron chi connectivity index (χ1n) is 7.62. The molecule has 22 heavy (non-hydrogen) atoms. The van der Waals surface area contributed by atoms with Crippen LogP contribution in [0.2, 0.25) is 0 Å². The Labute approximate surface area is 130 Å². The number of nitrogens with two attached hydrogens (primary N) is 1. The van der Waals surface area contributed by atoms with Crippen molar-refractivity contribution in [1.82, 2.24) is 4.98 Å². The second-order valence-electron chi connectivity index (χ2n) is 4.47. The molecule has 1 heterocycles. The fourth-order valence-corrected chi connectivity index (χ4v) is 1.70. The number of pyridine rings is 1. The predicted molar refractivity (Wildman–Crippen MR) is 87.7 cm³/mol. The van der Waals surface area contributed by atoms with Crippen LogP contribution in [0.25, 0.3) is 10.9 Å². The van der Waals surface area contributed by atoms with E-state index in [0.717, 1.165) is 6.07 Å². The molecule has 0 aliphatic rings. The maximum absolute atomic E-state index is 12.4. The van der Waals surface area contributed by atoms with Crippen LogP contribution >= 0.6 is 0 Å². The van der Waals surface area contributed by atoms with Crippen LogP contribution in [0.4, 0.5) is 18.9 Å². The summed E-state index contributed by atoms with van der Waals surface area (Å²) in [6.45, 7) is 8.42. The molecule has 2 N–H and O–H groups in total. The van der Waals surface area contributed by atoms with Gasteiger partial charge in [-0.2, -0.15) is 13.2 Å². The number of benzene rings is 1. The Morgan fingerprint density at radius 3 is 2.05 bits per heavy atom. The lowest BCUT2D eigenvalue weighted by atomic mass is 10.1. The van der Waals surface area contributed by atoms with E-state index in [-0.39, 0.29) is 11.2 Å². The Morgan fingerprint density at radius 2 is 1.59 bits per heavy atom. The zero-order chi connectivity index (χ0) is 17.2. The Balaban J connectivity index is 0.000000540. The highest BCUT2D eigenvalue weighted by molar-refractivity contribution is 5.90. The van der Waals surface area contributed by atoms with Gasteiger partial charge in [0.05, 0.1) is 5.52 Å². The zero-order valence-electron chi connectivity index (χ0n) is 13.7. The summed E-state index contributed by atoms with van der Waals surface area (Å²) < 4.78 is 37.1. The van der Waals surface area contributed by atoms with Gasteiger partial charge in [-0.3, -0.25) is 0 Å². The summed E-state index contributed by atoms with van der Waals surface area (Å²) in [4.78, 5) is 3.50. The molecule has 0 atom stereocenters. The SMILES string of the molecule is CC.CCCCC.Nc1cc(C(F)(F)F)nc2ccccc12. The number of anilines is 1. The molecule has 0 amide bonds. The quantitative estimate of drug-likeness (QED) is 0.732. The van der Waals surface area contributed by atoms with Crippen LogP contribution in [0, 0.1) is 0 Å². The monoisotopic (exact) mass is 314 g/mol. The van der Waals surface area contributed by atoms with Crippen molar-refractivity contribution in [3.8, 4) is 0 Å². The number of nitrogen functional groups attached to an aromatic ring is 1. The van der Waals surface area contributed by atoms with Crippen LogP contribution in [-0.2, 0) is 6.18 Å². The summed E-state index contributed by atoms with van der Waals surface area (Å²) in [5, 5.41) is 0.533. The minimum atomic E-state index is -4.46. The lowest BCUT2D eigenvalue weighted by Crippen LogP contribution is -2.08. The van der Waals surface area contributed by atoms with Crippen LogP contribution in [0.1, 0.15) is 52.7 Å². The first-order chi connectivity index (χ1) is 10.4. The highest BCUT2D eigenvalue weighted by Crippen LogP contribution is 2.31. The summed E-state index contributed by atoms with van der Waals surface area (Å²) in [5.74, 6) is 0. The van der Waals surface area contributed by atoms with Crippen LogP contribution in [0.15, 0.2) is 30.3 Å². The van der Waals surface area contributed by atoms with Crippen LogP contribution in [0.5, 0.6) is 0 Å². The lowest BCUT2D eigenvalue weighted by Gasteiger charge is -2.08. The number of nitrogens with zero attached hydrogens (tertiary/aromatic N) is 1. The molecule has 0 saturated heterocycles. The van der Waals surface area contributed by atoms with Crippen LogP contribution in [-0.4, -0.2) is 4.98 Å². The fraction of sp³-hybridized carbons (Fsp3) is 0.471. The molecule has 1 aromatic heterocycles.